The fourth-order valence-corrected chi connectivity index (χ4v) is 2.50. The molecule has 0 unspecified atom stereocenters. The summed E-state index contributed by atoms with van der Waals surface area (Å²) >= 11 is 0. The van der Waals surface area contributed by atoms with Gasteiger partial charge in [-0.1, -0.05) is 0 Å². The van der Waals surface area contributed by atoms with Gasteiger partial charge in [0.2, 0.25) is 5.76 Å². The van der Waals surface area contributed by atoms with E-state index in [-0.39, 0.29) is 5.76 Å². The average molecular weight is 313 g/mol. The van der Waals surface area contributed by atoms with Gasteiger partial charge in [0.25, 0.3) is 0 Å². The number of hydrogen-bond acceptors (Lipinski definition) is 5. The Hall–Kier alpha value is -3.02. The number of carbonyl (C=O) groups excluding carboxylic acids is 2. The zero-order valence-electron chi connectivity index (χ0n) is 12.7. The maximum Gasteiger partial charge on any atom is 0.373 e. The third-order valence-electron chi connectivity index (χ3n) is 3.62. The number of methoxy groups -OCH3 is 2. The molecule has 0 fully saturated rings. The molecule has 2 aromatic heterocycles. The van der Waals surface area contributed by atoms with Gasteiger partial charge in [0.1, 0.15) is 11.5 Å². The van der Waals surface area contributed by atoms with Crippen LogP contribution in [0.3, 0.4) is 0 Å². The number of fused-ring (bicyclic) bond motifs is 1. The molecule has 2 heterocycles. The van der Waals surface area contributed by atoms with E-state index < -0.39 is 5.97 Å². The molecule has 0 spiro atoms. The number of benzene rings is 1. The lowest BCUT2D eigenvalue weighted by atomic mass is 10.2. The molecule has 6 heteroatoms. The Labute approximate surface area is 132 Å². The van der Waals surface area contributed by atoms with E-state index in [9.17, 15) is 9.59 Å². The Morgan fingerprint density at radius 2 is 2.09 bits per heavy atom. The second-order valence-electron chi connectivity index (χ2n) is 4.97. The minimum Gasteiger partial charge on any atom is -0.497 e. The van der Waals surface area contributed by atoms with Crippen molar-refractivity contribution in [2.75, 3.05) is 14.2 Å². The van der Waals surface area contributed by atoms with Crippen LogP contribution >= 0.6 is 0 Å². The first-order valence-electron chi connectivity index (χ1n) is 6.95. The van der Waals surface area contributed by atoms with Crippen LogP contribution < -0.4 is 4.74 Å². The highest BCUT2D eigenvalue weighted by Crippen LogP contribution is 2.26. The molecule has 0 amide bonds. The van der Waals surface area contributed by atoms with Gasteiger partial charge in [0, 0.05) is 22.7 Å². The fourth-order valence-electron chi connectivity index (χ4n) is 2.50. The Balaban J connectivity index is 1.98. The average Bonchev–Trinajstić information content (AvgIpc) is 3.19. The van der Waals surface area contributed by atoms with Crippen molar-refractivity contribution < 1.29 is 23.5 Å². The molecule has 0 saturated heterocycles. The van der Waals surface area contributed by atoms with Gasteiger partial charge in [-0.25, -0.2) is 4.79 Å². The number of aldehydes is 1. The van der Waals surface area contributed by atoms with Crippen LogP contribution in [0.1, 0.15) is 26.7 Å². The Bertz CT molecular complexity index is 874. The van der Waals surface area contributed by atoms with E-state index >= 15 is 0 Å². The van der Waals surface area contributed by atoms with Gasteiger partial charge in [-0.2, -0.15) is 0 Å². The van der Waals surface area contributed by atoms with Crippen LogP contribution in [0.15, 0.2) is 40.9 Å². The summed E-state index contributed by atoms with van der Waals surface area (Å²) in [6, 6.07) is 8.80. The lowest BCUT2D eigenvalue weighted by Gasteiger charge is -2.04. The largest absolute Gasteiger partial charge is 0.497 e. The van der Waals surface area contributed by atoms with E-state index in [4.69, 9.17) is 9.15 Å². The van der Waals surface area contributed by atoms with Gasteiger partial charge in [-0.3, -0.25) is 4.79 Å². The van der Waals surface area contributed by atoms with Crippen molar-refractivity contribution in [1.29, 1.82) is 0 Å². The predicted molar refractivity (Wildman–Crippen MR) is 83.0 cm³/mol. The molecule has 3 aromatic rings. The summed E-state index contributed by atoms with van der Waals surface area (Å²) in [6.45, 7) is 0.396. The summed E-state index contributed by atoms with van der Waals surface area (Å²) in [5, 5.41) is 0.805. The van der Waals surface area contributed by atoms with Crippen LogP contribution in [0.25, 0.3) is 10.9 Å². The molecule has 23 heavy (non-hydrogen) atoms. The number of hydrogen-bond donors (Lipinski definition) is 0. The van der Waals surface area contributed by atoms with E-state index in [1.165, 1.54) is 7.11 Å². The molecule has 0 N–H and O–H groups in total. The number of esters is 1. The molecule has 0 saturated carbocycles. The van der Waals surface area contributed by atoms with E-state index in [2.05, 4.69) is 4.74 Å². The summed E-state index contributed by atoms with van der Waals surface area (Å²) < 4.78 is 17.2. The van der Waals surface area contributed by atoms with Crippen LogP contribution in [-0.2, 0) is 11.3 Å². The molecule has 118 valence electrons. The lowest BCUT2D eigenvalue weighted by molar-refractivity contribution is 0.0563. The van der Waals surface area contributed by atoms with Crippen molar-refractivity contribution in [2.45, 2.75) is 6.54 Å². The standard InChI is InChI=1S/C17H15NO5/c1-21-12-3-5-15-14(7-12)11(10-19)8-18(15)9-13-4-6-16(23-13)17(20)22-2/h3-8,10H,9H2,1-2H3. The Morgan fingerprint density at radius 3 is 2.78 bits per heavy atom. The Kier molecular flexibility index (Phi) is 3.89. The topological polar surface area (TPSA) is 70.7 Å². The van der Waals surface area contributed by atoms with Crippen molar-refractivity contribution in [3.8, 4) is 5.75 Å². The molecule has 0 bridgehead atoms. The van der Waals surface area contributed by atoms with Crippen molar-refractivity contribution in [3.05, 3.63) is 53.6 Å². The van der Waals surface area contributed by atoms with Crippen LogP contribution in [0, 0.1) is 0 Å². The van der Waals surface area contributed by atoms with Gasteiger partial charge < -0.3 is 18.5 Å². The minimum atomic E-state index is -0.521. The minimum absolute atomic E-state index is 0.149. The summed E-state index contributed by atoms with van der Waals surface area (Å²) in [4.78, 5) is 22.7. The van der Waals surface area contributed by atoms with Crippen LogP contribution in [0.5, 0.6) is 5.75 Å². The molecule has 1 aromatic carbocycles. The molecule has 0 aliphatic rings. The van der Waals surface area contributed by atoms with Crippen molar-refractivity contribution >= 4 is 23.2 Å². The first-order valence-corrected chi connectivity index (χ1v) is 6.95. The SMILES string of the molecule is COC(=O)c1ccc(Cn2cc(C=O)c3cc(OC)ccc32)o1. The molecule has 3 rings (SSSR count). The first kappa shape index (κ1) is 14.9. The zero-order valence-corrected chi connectivity index (χ0v) is 12.7. The van der Waals surface area contributed by atoms with Gasteiger partial charge >= 0.3 is 5.97 Å². The maximum atomic E-state index is 11.4. The number of nitrogens with zero attached hydrogens (tertiary/aromatic N) is 1. The van der Waals surface area contributed by atoms with Gasteiger partial charge in [-0.05, 0) is 30.3 Å². The van der Waals surface area contributed by atoms with Crippen molar-refractivity contribution in [2.24, 2.45) is 0 Å². The molecule has 0 radical (unpaired) electrons. The number of aromatic nitrogens is 1. The monoisotopic (exact) mass is 313 g/mol. The van der Waals surface area contributed by atoms with E-state index in [0.29, 0.717) is 23.6 Å². The Morgan fingerprint density at radius 1 is 1.26 bits per heavy atom. The molecule has 0 atom stereocenters. The predicted octanol–water partition coefficient (Wildman–Crippen LogP) is 2.89. The van der Waals surface area contributed by atoms with Crippen LogP contribution in [-0.4, -0.2) is 31.0 Å². The molecule has 0 aliphatic heterocycles. The highest BCUT2D eigenvalue weighted by atomic mass is 16.5. The highest BCUT2D eigenvalue weighted by molar-refractivity contribution is 5.98. The third-order valence-corrected chi connectivity index (χ3v) is 3.62. The third kappa shape index (κ3) is 2.70. The highest BCUT2D eigenvalue weighted by Gasteiger charge is 2.14. The summed E-state index contributed by atoms with van der Waals surface area (Å²) in [5.41, 5.74) is 1.45. The number of furan rings is 1. The first-order chi connectivity index (χ1) is 11.2. The second kappa shape index (κ2) is 6.00. The molecule has 6 nitrogen and oxygen atoms in total. The van der Waals surface area contributed by atoms with Gasteiger partial charge in [-0.15, -0.1) is 0 Å². The fraction of sp³-hybridized carbons (Fsp3) is 0.176. The molecule has 0 aliphatic carbocycles. The number of carbonyl (C=O) groups is 2. The zero-order chi connectivity index (χ0) is 16.4. The molecular formula is C17H15NO5. The number of ether oxygens (including phenoxy) is 2. The molecular weight excluding hydrogens is 298 g/mol. The van der Waals surface area contributed by atoms with Gasteiger partial charge in [0.15, 0.2) is 6.29 Å². The summed E-state index contributed by atoms with van der Waals surface area (Å²) in [5.74, 6) is 0.906. The van der Waals surface area contributed by atoms with Crippen molar-refractivity contribution in [3.63, 3.8) is 0 Å². The maximum absolute atomic E-state index is 11.4. The lowest BCUT2D eigenvalue weighted by Crippen LogP contribution is -1.99. The van der Waals surface area contributed by atoms with E-state index in [1.54, 1.807) is 25.4 Å². The van der Waals surface area contributed by atoms with Crippen LogP contribution in [0.4, 0.5) is 0 Å². The quantitative estimate of drug-likeness (QED) is 0.535. The van der Waals surface area contributed by atoms with Gasteiger partial charge in [0.05, 0.1) is 20.8 Å². The van der Waals surface area contributed by atoms with Crippen LogP contribution in [0.2, 0.25) is 0 Å². The van der Waals surface area contributed by atoms with E-state index in [1.807, 2.05) is 22.8 Å². The van der Waals surface area contributed by atoms with E-state index in [0.717, 1.165) is 17.2 Å². The summed E-state index contributed by atoms with van der Waals surface area (Å²) in [7, 11) is 2.88. The summed E-state index contributed by atoms with van der Waals surface area (Å²) in [6.07, 6.45) is 2.55. The number of rotatable bonds is 5. The smallest absolute Gasteiger partial charge is 0.373 e. The normalized spacial score (nSPS) is 10.7. The second-order valence-corrected chi connectivity index (χ2v) is 4.97. The van der Waals surface area contributed by atoms with Crippen molar-refractivity contribution in [1.82, 2.24) is 4.57 Å².